The fourth-order valence-electron chi connectivity index (χ4n) is 4.81. The van der Waals surface area contributed by atoms with Crippen molar-refractivity contribution < 1.29 is 23.9 Å². The van der Waals surface area contributed by atoms with Crippen molar-refractivity contribution in [3.8, 4) is 0 Å². The minimum absolute atomic E-state index is 0.0439. The number of hydrogen-bond acceptors (Lipinski definition) is 6. The fraction of sp³-hybridized carbons (Fsp3) is 0.333. The molecule has 0 bridgehead atoms. The first-order valence-corrected chi connectivity index (χ1v) is 13.7. The Balaban J connectivity index is 1.77. The Kier molecular flexibility index (Phi) is 9.07. The maximum absolute atomic E-state index is 13.9. The van der Waals surface area contributed by atoms with Crippen molar-refractivity contribution in [2.75, 3.05) is 12.0 Å². The molecule has 1 heterocycles. The predicted molar refractivity (Wildman–Crippen MR) is 147 cm³/mol. The first kappa shape index (κ1) is 27.3. The second-order valence-corrected chi connectivity index (χ2v) is 10.5. The van der Waals surface area contributed by atoms with Crippen LogP contribution in [0.1, 0.15) is 76.2 Å². The van der Waals surface area contributed by atoms with Crippen LogP contribution in [-0.4, -0.2) is 36.7 Å². The van der Waals surface area contributed by atoms with Gasteiger partial charge in [0.2, 0.25) is 11.8 Å². The molecular weight excluding hydrogens is 500 g/mol. The van der Waals surface area contributed by atoms with Crippen LogP contribution in [-0.2, 0) is 20.7 Å². The van der Waals surface area contributed by atoms with Crippen molar-refractivity contribution in [2.45, 2.75) is 57.5 Å². The molecule has 2 aromatic carbocycles. The van der Waals surface area contributed by atoms with Crippen molar-refractivity contribution in [3.05, 3.63) is 87.6 Å². The lowest BCUT2D eigenvalue weighted by atomic mass is 9.94. The van der Waals surface area contributed by atoms with E-state index in [0.29, 0.717) is 22.4 Å². The molecule has 38 heavy (non-hydrogen) atoms. The molecule has 1 saturated carbocycles. The number of Topliss-reactive ketones (excluding diaryl/α,β-unsaturated/α-hetero) is 1. The third-order valence-corrected chi connectivity index (χ3v) is 7.71. The molecule has 1 aromatic heterocycles. The van der Waals surface area contributed by atoms with Gasteiger partial charge in [0.15, 0.2) is 5.78 Å². The smallest absolute Gasteiger partial charge is 0.337 e. The van der Waals surface area contributed by atoms with E-state index >= 15 is 0 Å². The van der Waals surface area contributed by atoms with Gasteiger partial charge in [-0.05, 0) is 73.2 Å². The average molecular weight is 533 g/mol. The molecular formula is C30H32N2O5S. The van der Waals surface area contributed by atoms with Crippen molar-refractivity contribution in [3.63, 3.8) is 0 Å². The molecule has 1 fully saturated rings. The quantitative estimate of drug-likeness (QED) is 0.290. The molecule has 1 N–H and O–H groups in total. The van der Waals surface area contributed by atoms with E-state index in [1.54, 1.807) is 48.5 Å². The lowest BCUT2D eigenvalue weighted by Crippen LogP contribution is -2.47. The standard InChI is InChI=1S/C30H32N2O5S/c1-20(33)21-14-16-25(17-15-21)32(27(34)19-26-9-6-18-38-26)28(29(35)31-24-7-4-3-5-8-24)22-10-12-23(13-11-22)30(36)37-2/h6,9-18,24,28H,3-5,7-8,19H2,1-2H3,(H,31,35)/t28-/m1/s1. The molecule has 4 rings (SSSR count). The maximum Gasteiger partial charge on any atom is 0.337 e. The van der Waals surface area contributed by atoms with Crippen LogP contribution in [0.15, 0.2) is 66.0 Å². The zero-order valence-electron chi connectivity index (χ0n) is 21.6. The van der Waals surface area contributed by atoms with E-state index in [9.17, 15) is 19.2 Å². The summed E-state index contributed by atoms with van der Waals surface area (Å²) in [6.07, 6.45) is 5.18. The number of thiophene rings is 1. The summed E-state index contributed by atoms with van der Waals surface area (Å²) in [5.74, 6) is -1.09. The molecule has 3 aromatic rings. The first-order valence-electron chi connectivity index (χ1n) is 12.8. The lowest BCUT2D eigenvalue weighted by molar-refractivity contribution is -0.127. The molecule has 0 unspecified atom stereocenters. The van der Waals surface area contributed by atoms with Gasteiger partial charge in [0.1, 0.15) is 6.04 Å². The Bertz CT molecular complexity index is 1260. The van der Waals surface area contributed by atoms with Crippen molar-refractivity contribution in [1.82, 2.24) is 5.32 Å². The number of methoxy groups -OCH3 is 1. The second kappa shape index (κ2) is 12.6. The minimum Gasteiger partial charge on any atom is -0.465 e. The zero-order chi connectivity index (χ0) is 27.1. The Labute approximate surface area is 226 Å². The molecule has 0 radical (unpaired) electrons. The molecule has 1 aliphatic carbocycles. The highest BCUT2D eigenvalue weighted by Gasteiger charge is 2.34. The van der Waals surface area contributed by atoms with Gasteiger partial charge in [-0.3, -0.25) is 19.3 Å². The minimum atomic E-state index is -0.973. The van der Waals surface area contributed by atoms with Crippen LogP contribution >= 0.6 is 11.3 Å². The number of carbonyl (C=O) groups is 4. The highest BCUT2D eigenvalue weighted by Crippen LogP contribution is 2.31. The molecule has 7 nitrogen and oxygen atoms in total. The Morgan fingerprint density at radius 1 is 0.947 bits per heavy atom. The van der Waals surface area contributed by atoms with E-state index < -0.39 is 12.0 Å². The number of hydrogen-bond donors (Lipinski definition) is 1. The molecule has 1 atom stereocenters. The van der Waals surface area contributed by atoms with E-state index in [-0.39, 0.29) is 30.1 Å². The van der Waals surface area contributed by atoms with Gasteiger partial charge in [-0.2, -0.15) is 0 Å². The summed E-state index contributed by atoms with van der Waals surface area (Å²) < 4.78 is 4.82. The van der Waals surface area contributed by atoms with Gasteiger partial charge in [0.25, 0.3) is 0 Å². The number of anilines is 1. The summed E-state index contributed by atoms with van der Waals surface area (Å²) in [4.78, 5) is 54.1. The first-order chi connectivity index (χ1) is 18.4. The number of carbonyl (C=O) groups excluding carboxylic acids is 4. The van der Waals surface area contributed by atoms with Crippen molar-refractivity contribution in [1.29, 1.82) is 0 Å². The molecule has 0 spiro atoms. The second-order valence-electron chi connectivity index (χ2n) is 9.48. The monoisotopic (exact) mass is 532 g/mol. The third-order valence-electron chi connectivity index (χ3n) is 6.83. The molecule has 198 valence electrons. The highest BCUT2D eigenvalue weighted by molar-refractivity contribution is 7.10. The molecule has 8 heteroatoms. The van der Waals surface area contributed by atoms with E-state index in [1.807, 2.05) is 17.5 Å². The average Bonchev–Trinajstić information content (AvgIpc) is 3.45. The van der Waals surface area contributed by atoms with Gasteiger partial charge < -0.3 is 10.1 Å². The highest BCUT2D eigenvalue weighted by atomic mass is 32.1. The number of nitrogens with one attached hydrogen (secondary N) is 1. The van der Waals surface area contributed by atoms with Crippen LogP contribution in [0.5, 0.6) is 0 Å². The van der Waals surface area contributed by atoms with Gasteiger partial charge >= 0.3 is 5.97 Å². The third kappa shape index (κ3) is 6.55. The van der Waals surface area contributed by atoms with E-state index in [4.69, 9.17) is 4.74 Å². The van der Waals surface area contributed by atoms with Crippen LogP contribution in [0.2, 0.25) is 0 Å². The van der Waals surface area contributed by atoms with Crippen LogP contribution in [0.4, 0.5) is 5.69 Å². The predicted octanol–water partition coefficient (Wildman–Crippen LogP) is 5.50. The van der Waals surface area contributed by atoms with Gasteiger partial charge in [0.05, 0.1) is 19.1 Å². The summed E-state index contributed by atoms with van der Waals surface area (Å²) in [5.41, 5.74) is 1.95. The number of benzene rings is 2. The summed E-state index contributed by atoms with van der Waals surface area (Å²) >= 11 is 1.48. The van der Waals surface area contributed by atoms with Gasteiger partial charge in [-0.1, -0.05) is 37.5 Å². The SMILES string of the molecule is COC(=O)c1ccc([C@H](C(=O)NC2CCCCC2)N(C(=O)Cc2cccs2)c2ccc(C(C)=O)cc2)cc1. The number of ether oxygens (including phenoxy) is 1. The summed E-state index contributed by atoms with van der Waals surface area (Å²) in [7, 11) is 1.31. The summed E-state index contributed by atoms with van der Waals surface area (Å²) in [5, 5.41) is 5.09. The Hall–Kier alpha value is -3.78. The number of nitrogens with zero attached hydrogens (tertiary/aromatic N) is 1. The van der Waals surface area contributed by atoms with Gasteiger partial charge in [-0.15, -0.1) is 11.3 Å². The fourth-order valence-corrected chi connectivity index (χ4v) is 5.50. The zero-order valence-corrected chi connectivity index (χ0v) is 22.5. The molecule has 0 saturated heterocycles. The molecule has 0 aliphatic heterocycles. The van der Waals surface area contributed by atoms with Crippen LogP contribution in [0.25, 0.3) is 0 Å². The van der Waals surface area contributed by atoms with Crippen molar-refractivity contribution >= 4 is 40.6 Å². The van der Waals surface area contributed by atoms with Crippen LogP contribution in [0.3, 0.4) is 0 Å². The Morgan fingerprint density at radius 2 is 1.61 bits per heavy atom. The van der Waals surface area contributed by atoms with E-state index in [2.05, 4.69) is 5.32 Å². The summed E-state index contributed by atoms with van der Waals surface area (Å²) in [6, 6.07) is 16.2. The van der Waals surface area contributed by atoms with E-state index in [0.717, 1.165) is 37.0 Å². The number of amides is 2. The lowest BCUT2D eigenvalue weighted by Gasteiger charge is -2.33. The van der Waals surface area contributed by atoms with Gasteiger partial charge in [-0.25, -0.2) is 4.79 Å². The number of rotatable bonds is 9. The number of esters is 1. The van der Waals surface area contributed by atoms with Crippen LogP contribution < -0.4 is 10.2 Å². The van der Waals surface area contributed by atoms with Gasteiger partial charge in [0, 0.05) is 22.2 Å². The Morgan fingerprint density at radius 3 is 2.18 bits per heavy atom. The van der Waals surface area contributed by atoms with Crippen LogP contribution in [0, 0.1) is 0 Å². The largest absolute Gasteiger partial charge is 0.465 e. The molecule has 2 amide bonds. The molecule has 1 aliphatic rings. The number of ketones is 1. The van der Waals surface area contributed by atoms with Crippen molar-refractivity contribution in [2.24, 2.45) is 0 Å². The summed E-state index contributed by atoms with van der Waals surface area (Å²) in [6.45, 7) is 1.48. The topological polar surface area (TPSA) is 92.8 Å². The van der Waals surface area contributed by atoms with E-state index in [1.165, 1.54) is 30.3 Å². The maximum atomic E-state index is 13.9. The normalized spacial score (nSPS) is 14.4.